The van der Waals surface area contributed by atoms with Crippen molar-refractivity contribution in [3.05, 3.63) is 52.0 Å². The van der Waals surface area contributed by atoms with E-state index in [4.69, 9.17) is 0 Å². The second-order valence-electron chi connectivity index (χ2n) is 4.51. The van der Waals surface area contributed by atoms with Gasteiger partial charge in [-0.05, 0) is 44.2 Å². The predicted octanol–water partition coefficient (Wildman–Crippen LogP) is 3.66. The molecule has 0 spiro atoms. The van der Waals surface area contributed by atoms with Crippen molar-refractivity contribution in [1.82, 2.24) is 9.88 Å². The van der Waals surface area contributed by atoms with Gasteiger partial charge in [-0.25, -0.2) is 13.8 Å². The Kier molecular flexibility index (Phi) is 4.61. The maximum absolute atomic E-state index is 13.5. The third-order valence-electron chi connectivity index (χ3n) is 3.21. The SMILES string of the molecule is CC(c1nccs1)N(C)CCc1cc(F)ccc1F. The van der Waals surface area contributed by atoms with Gasteiger partial charge < -0.3 is 0 Å². The lowest BCUT2D eigenvalue weighted by molar-refractivity contribution is 0.263. The van der Waals surface area contributed by atoms with E-state index < -0.39 is 5.82 Å². The fourth-order valence-corrected chi connectivity index (χ4v) is 2.61. The van der Waals surface area contributed by atoms with E-state index in [9.17, 15) is 8.78 Å². The van der Waals surface area contributed by atoms with Crippen LogP contribution in [0.5, 0.6) is 0 Å². The Hall–Kier alpha value is -1.33. The summed E-state index contributed by atoms with van der Waals surface area (Å²) in [6.07, 6.45) is 2.26. The maximum atomic E-state index is 13.5. The van der Waals surface area contributed by atoms with E-state index in [1.807, 2.05) is 12.4 Å². The van der Waals surface area contributed by atoms with Crippen LogP contribution in [0.2, 0.25) is 0 Å². The number of rotatable bonds is 5. The molecular weight excluding hydrogens is 266 g/mol. The van der Waals surface area contributed by atoms with Crippen LogP contribution in [0.15, 0.2) is 29.8 Å². The van der Waals surface area contributed by atoms with Gasteiger partial charge in [0.2, 0.25) is 0 Å². The molecule has 2 aromatic rings. The summed E-state index contributed by atoms with van der Waals surface area (Å²) < 4.78 is 26.6. The minimum atomic E-state index is -0.396. The van der Waals surface area contributed by atoms with E-state index >= 15 is 0 Å². The fourth-order valence-electron chi connectivity index (χ4n) is 1.85. The molecule has 0 aliphatic carbocycles. The van der Waals surface area contributed by atoms with Crippen molar-refractivity contribution in [3.8, 4) is 0 Å². The molecule has 0 aliphatic rings. The number of likely N-dealkylation sites (N-methyl/N-ethyl adjacent to an activating group) is 1. The maximum Gasteiger partial charge on any atom is 0.126 e. The van der Waals surface area contributed by atoms with E-state index in [0.717, 1.165) is 11.1 Å². The van der Waals surface area contributed by atoms with Crippen molar-refractivity contribution in [2.24, 2.45) is 0 Å². The van der Waals surface area contributed by atoms with E-state index in [-0.39, 0.29) is 11.9 Å². The minimum absolute atomic E-state index is 0.177. The Bertz CT molecular complexity index is 528. The van der Waals surface area contributed by atoms with E-state index in [1.54, 1.807) is 17.5 Å². The normalized spacial score (nSPS) is 12.9. The summed E-state index contributed by atoms with van der Waals surface area (Å²) in [4.78, 5) is 6.35. The van der Waals surface area contributed by atoms with Gasteiger partial charge in [0.25, 0.3) is 0 Å². The van der Waals surface area contributed by atoms with Gasteiger partial charge in [-0.2, -0.15) is 0 Å². The third-order valence-corrected chi connectivity index (χ3v) is 4.16. The van der Waals surface area contributed by atoms with Gasteiger partial charge in [0, 0.05) is 18.1 Å². The van der Waals surface area contributed by atoms with E-state index in [2.05, 4.69) is 16.8 Å². The highest BCUT2D eigenvalue weighted by Gasteiger charge is 2.14. The molecule has 0 radical (unpaired) electrons. The highest BCUT2D eigenvalue weighted by Crippen LogP contribution is 2.21. The van der Waals surface area contributed by atoms with Crippen LogP contribution in [0.1, 0.15) is 23.5 Å². The number of benzene rings is 1. The summed E-state index contributed by atoms with van der Waals surface area (Å²) in [6, 6.07) is 3.75. The highest BCUT2D eigenvalue weighted by molar-refractivity contribution is 7.09. The smallest absolute Gasteiger partial charge is 0.126 e. The molecule has 0 fully saturated rings. The molecule has 1 aromatic carbocycles. The van der Waals surface area contributed by atoms with Crippen LogP contribution < -0.4 is 0 Å². The number of thiazole rings is 1. The van der Waals surface area contributed by atoms with Gasteiger partial charge in [0.1, 0.15) is 16.6 Å². The molecule has 0 N–H and O–H groups in total. The summed E-state index contributed by atoms with van der Waals surface area (Å²) in [7, 11) is 1.96. The van der Waals surface area contributed by atoms with Crippen molar-refractivity contribution < 1.29 is 8.78 Å². The molecule has 19 heavy (non-hydrogen) atoms. The highest BCUT2D eigenvalue weighted by atomic mass is 32.1. The zero-order chi connectivity index (χ0) is 13.8. The zero-order valence-corrected chi connectivity index (χ0v) is 11.8. The Morgan fingerprint density at radius 1 is 1.37 bits per heavy atom. The van der Waals surface area contributed by atoms with Crippen LogP contribution in [0.3, 0.4) is 0 Å². The van der Waals surface area contributed by atoms with Crippen LogP contribution >= 0.6 is 11.3 Å². The standard InChI is InChI=1S/C14H16F2N2S/c1-10(14-17-6-8-19-14)18(2)7-5-11-9-12(15)3-4-13(11)16/h3-4,6,8-10H,5,7H2,1-2H3. The van der Waals surface area contributed by atoms with Crippen molar-refractivity contribution >= 4 is 11.3 Å². The fraction of sp³-hybridized carbons (Fsp3) is 0.357. The summed E-state index contributed by atoms with van der Waals surface area (Å²) in [5.74, 6) is -0.747. The first-order valence-corrected chi connectivity index (χ1v) is 6.99. The van der Waals surface area contributed by atoms with Gasteiger partial charge in [0.15, 0.2) is 0 Å². The van der Waals surface area contributed by atoms with Crippen molar-refractivity contribution in [2.75, 3.05) is 13.6 Å². The molecular formula is C14H16F2N2S. The molecule has 5 heteroatoms. The Morgan fingerprint density at radius 2 is 2.16 bits per heavy atom. The molecule has 2 rings (SSSR count). The average Bonchev–Trinajstić information content (AvgIpc) is 2.92. The molecule has 102 valence electrons. The first-order chi connectivity index (χ1) is 9.08. The number of halogens is 2. The van der Waals surface area contributed by atoms with Crippen molar-refractivity contribution in [3.63, 3.8) is 0 Å². The van der Waals surface area contributed by atoms with Crippen LogP contribution in [-0.4, -0.2) is 23.5 Å². The Balaban J connectivity index is 1.96. The zero-order valence-electron chi connectivity index (χ0n) is 10.9. The monoisotopic (exact) mass is 282 g/mol. The van der Waals surface area contributed by atoms with Gasteiger partial charge in [-0.3, -0.25) is 4.90 Å². The van der Waals surface area contributed by atoms with Crippen LogP contribution in [0.4, 0.5) is 8.78 Å². The van der Waals surface area contributed by atoms with Gasteiger partial charge in [0.05, 0.1) is 6.04 Å². The van der Waals surface area contributed by atoms with Crippen LogP contribution in [0.25, 0.3) is 0 Å². The predicted molar refractivity (Wildman–Crippen MR) is 73.2 cm³/mol. The van der Waals surface area contributed by atoms with Crippen molar-refractivity contribution in [2.45, 2.75) is 19.4 Å². The molecule has 0 saturated carbocycles. The number of hydrogen-bond acceptors (Lipinski definition) is 3. The molecule has 0 saturated heterocycles. The van der Waals surface area contributed by atoms with Gasteiger partial charge in [-0.15, -0.1) is 11.3 Å². The Morgan fingerprint density at radius 3 is 2.84 bits per heavy atom. The number of nitrogens with zero attached hydrogens (tertiary/aromatic N) is 2. The molecule has 0 bridgehead atoms. The summed E-state index contributed by atoms with van der Waals surface area (Å²) in [6.45, 7) is 2.71. The number of hydrogen-bond donors (Lipinski definition) is 0. The third kappa shape index (κ3) is 3.58. The lowest BCUT2D eigenvalue weighted by Gasteiger charge is -2.22. The van der Waals surface area contributed by atoms with Crippen LogP contribution in [-0.2, 0) is 6.42 Å². The molecule has 1 unspecified atom stereocenters. The summed E-state index contributed by atoms with van der Waals surface area (Å²) in [5, 5.41) is 2.97. The molecule has 0 amide bonds. The second-order valence-corrected chi connectivity index (χ2v) is 5.44. The molecule has 1 heterocycles. The largest absolute Gasteiger partial charge is 0.297 e. The quantitative estimate of drug-likeness (QED) is 0.832. The summed E-state index contributed by atoms with van der Waals surface area (Å²) >= 11 is 1.60. The average molecular weight is 282 g/mol. The van der Waals surface area contributed by atoms with E-state index in [1.165, 1.54) is 12.1 Å². The molecule has 0 aliphatic heterocycles. The number of aromatic nitrogens is 1. The topological polar surface area (TPSA) is 16.1 Å². The van der Waals surface area contributed by atoms with Gasteiger partial charge >= 0.3 is 0 Å². The summed E-state index contributed by atoms with van der Waals surface area (Å²) in [5.41, 5.74) is 0.415. The Labute approximate surface area is 115 Å². The second kappa shape index (κ2) is 6.21. The first kappa shape index (κ1) is 14.1. The lowest BCUT2D eigenvalue weighted by atomic mass is 10.1. The van der Waals surface area contributed by atoms with Crippen molar-refractivity contribution in [1.29, 1.82) is 0 Å². The van der Waals surface area contributed by atoms with Gasteiger partial charge in [-0.1, -0.05) is 0 Å². The van der Waals surface area contributed by atoms with Crippen LogP contribution in [0, 0.1) is 11.6 Å². The lowest BCUT2D eigenvalue weighted by Crippen LogP contribution is -2.25. The minimum Gasteiger partial charge on any atom is -0.297 e. The molecule has 1 aromatic heterocycles. The first-order valence-electron chi connectivity index (χ1n) is 6.11. The molecule has 1 atom stereocenters. The molecule has 2 nitrogen and oxygen atoms in total. The van der Waals surface area contributed by atoms with E-state index in [0.29, 0.717) is 18.5 Å².